The van der Waals surface area contributed by atoms with Gasteiger partial charge in [0.2, 0.25) is 0 Å². The Bertz CT molecular complexity index is 197. The first-order valence-electron chi connectivity index (χ1n) is 5.15. The number of methoxy groups -OCH3 is 1. The average molecular weight is 200 g/mol. The Morgan fingerprint density at radius 3 is 2.64 bits per heavy atom. The fraction of sp³-hybridized carbons (Fsp3) is 0.900. The Labute approximate surface area is 85.8 Å². The molecule has 82 valence electrons. The summed E-state index contributed by atoms with van der Waals surface area (Å²) in [5.41, 5.74) is 0. The summed E-state index contributed by atoms with van der Waals surface area (Å²) < 4.78 is 5.03. The van der Waals surface area contributed by atoms with E-state index in [1.54, 1.807) is 14.0 Å². The van der Waals surface area contributed by atoms with E-state index in [1.807, 2.05) is 4.90 Å². The molecule has 0 bridgehead atoms. The van der Waals surface area contributed by atoms with Crippen molar-refractivity contribution >= 4 is 5.91 Å². The average Bonchev–Trinajstić information content (AvgIpc) is 2.40. The third-order valence-electron chi connectivity index (χ3n) is 2.73. The predicted molar refractivity (Wildman–Crippen MR) is 55.2 cm³/mol. The maximum absolute atomic E-state index is 11.8. The normalized spacial score (nSPS) is 21.8. The molecule has 0 aromatic carbocycles. The van der Waals surface area contributed by atoms with Gasteiger partial charge in [-0.1, -0.05) is 0 Å². The number of hydrogen-bond donors (Lipinski definition) is 0. The molecular formula is C10H20N2O2. The highest BCUT2D eigenvalue weighted by Gasteiger charge is 2.21. The summed E-state index contributed by atoms with van der Waals surface area (Å²) in [6.45, 7) is 5.52. The van der Waals surface area contributed by atoms with Crippen molar-refractivity contribution in [3.05, 3.63) is 0 Å². The Kier molecular flexibility index (Phi) is 4.35. The van der Waals surface area contributed by atoms with Crippen molar-refractivity contribution in [3.8, 4) is 0 Å². The number of likely N-dealkylation sites (N-methyl/N-ethyl adjacent to an activating group) is 1. The second-order valence-electron chi connectivity index (χ2n) is 3.86. The quantitative estimate of drug-likeness (QED) is 0.637. The van der Waals surface area contributed by atoms with E-state index in [4.69, 9.17) is 4.74 Å². The molecule has 4 nitrogen and oxygen atoms in total. The monoisotopic (exact) mass is 200 g/mol. The molecule has 0 aromatic rings. The Hall–Kier alpha value is -0.610. The molecule has 1 saturated heterocycles. The molecule has 1 amide bonds. The predicted octanol–water partition coefficient (Wildman–Crippen LogP) is 0.185. The van der Waals surface area contributed by atoms with Crippen LogP contribution in [0.2, 0.25) is 0 Å². The van der Waals surface area contributed by atoms with Gasteiger partial charge in [0, 0.05) is 26.7 Å². The van der Waals surface area contributed by atoms with E-state index < -0.39 is 0 Å². The first-order chi connectivity index (χ1) is 6.65. The second kappa shape index (κ2) is 5.32. The van der Waals surface area contributed by atoms with Crippen molar-refractivity contribution in [2.45, 2.75) is 19.4 Å². The lowest BCUT2D eigenvalue weighted by atomic mass is 10.3. The summed E-state index contributed by atoms with van der Waals surface area (Å²) in [4.78, 5) is 15.9. The first kappa shape index (κ1) is 11.5. The third-order valence-corrected chi connectivity index (χ3v) is 2.73. The van der Waals surface area contributed by atoms with E-state index in [0.29, 0.717) is 0 Å². The van der Waals surface area contributed by atoms with E-state index in [1.165, 1.54) is 0 Å². The number of hydrogen-bond acceptors (Lipinski definition) is 3. The summed E-state index contributed by atoms with van der Waals surface area (Å²) in [6, 6.07) is 0. The van der Waals surface area contributed by atoms with E-state index in [-0.39, 0.29) is 12.0 Å². The molecule has 1 atom stereocenters. The standard InChI is InChI=1S/C10H20N2O2/c1-9(14-3)10(13)12-6-4-5-11(2)7-8-12/h9H,4-8H2,1-3H3. The minimum atomic E-state index is -0.307. The zero-order valence-electron chi connectivity index (χ0n) is 9.32. The fourth-order valence-electron chi connectivity index (χ4n) is 1.62. The van der Waals surface area contributed by atoms with E-state index in [0.717, 1.165) is 32.6 Å². The lowest BCUT2D eigenvalue weighted by Crippen LogP contribution is -2.40. The molecular weight excluding hydrogens is 180 g/mol. The highest BCUT2D eigenvalue weighted by molar-refractivity contribution is 5.80. The van der Waals surface area contributed by atoms with Crippen LogP contribution in [0, 0.1) is 0 Å². The first-order valence-corrected chi connectivity index (χ1v) is 5.15. The number of carbonyl (C=O) groups excluding carboxylic acids is 1. The number of ether oxygens (including phenoxy) is 1. The maximum Gasteiger partial charge on any atom is 0.251 e. The summed E-state index contributed by atoms with van der Waals surface area (Å²) >= 11 is 0. The van der Waals surface area contributed by atoms with Gasteiger partial charge < -0.3 is 14.5 Å². The van der Waals surface area contributed by atoms with Gasteiger partial charge in [-0.3, -0.25) is 4.79 Å². The summed E-state index contributed by atoms with van der Waals surface area (Å²) in [5.74, 6) is 0.114. The lowest BCUT2D eigenvalue weighted by Gasteiger charge is -2.23. The fourth-order valence-corrected chi connectivity index (χ4v) is 1.62. The highest BCUT2D eigenvalue weighted by atomic mass is 16.5. The summed E-state index contributed by atoms with van der Waals surface area (Å²) in [6.07, 6.45) is 0.747. The molecule has 0 aliphatic carbocycles. The van der Waals surface area contributed by atoms with E-state index in [2.05, 4.69) is 11.9 Å². The molecule has 1 unspecified atom stereocenters. The second-order valence-corrected chi connectivity index (χ2v) is 3.86. The summed E-state index contributed by atoms with van der Waals surface area (Å²) in [7, 11) is 3.67. The zero-order chi connectivity index (χ0) is 10.6. The molecule has 1 heterocycles. The molecule has 0 saturated carbocycles. The van der Waals surface area contributed by atoms with Crippen molar-refractivity contribution in [2.75, 3.05) is 40.3 Å². The topological polar surface area (TPSA) is 32.8 Å². The van der Waals surface area contributed by atoms with Gasteiger partial charge in [0.25, 0.3) is 5.91 Å². The molecule has 1 fully saturated rings. The SMILES string of the molecule is COC(C)C(=O)N1CCCN(C)CC1. The van der Waals surface area contributed by atoms with Gasteiger partial charge in [-0.15, -0.1) is 0 Å². The van der Waals surface area contributed by atoms with E-state index >= 15 is 0 Å². The van der Waals surface area contributed by atoms with Gasteiger partial charge in [0.05, 0.1) is 0 Å². The number of nitrogens with zero attached hydrogens (tertiary/aromatic N) is 2. The van der Waals surface area contributed by atoms with Crippen molar-refractivity contribution in [3.63, 3.8) is 0 Å². The van der Waals surface area contributed by atoms with Crippen LogP contribution >= 0.6 is 0 Å². The van der Waals surface area contributed by atoms with Crippen LogP contribution in [0.3, 0.4) is 0 Å². The van der Waals surface area contributed by atoms with Gasteiger partial charge in [0.1, 0.15) is 6.10 Å². The zero-order valence-corrected chi connectivity index (χ0v) is 9.32. The third kappa shape index (κ3) is 2.96. The van der Waals surface area contributed by atoms with Crippen LogP contribution in [-0.4, -0.2) is 62.1 Å². The Morgan fingerprint density at radius 2 is 2.00 bits per heavy atom. The van der Waals surface area contributed by atoms with Gasteiger partial charge in [-0.2, -0.15) is 0 Å². The van der Waals surface area contributed by atoms with Gasteiger partial charge in [-0.25, -0.2) is 0 Å². The molecule has 1 aliphatic heterocycles. The number of amides is 1. The summed E-state index contributed by atoms with van der Waals surface area (Å²) in [5, 5.41) is 0. The van der Waals surface area contributed by atoms with Gasteiger partial charge in [-0.05, 0) is 26.9 Å². The molecule has 0 spiro atoms. The van der Waals surface area contributed by atoms with Crippen LogP contribution in [-0.2, 0) is 9.53 Å². The molecule has 0 aromatic heterocycles. The van der Waals surface area contributed by atoms with Crippen LogP contribution in [0.1, 0.15) is 13.3 Å². The Morgan fingerprint density at radius 1 is 1.29 bits per heavy atom. The van der Waals surface area contributed by atoms with Crippen LogP contribution in [0.4, 0.5) is 0 Å². The van der Waals surface area contributed by atoms with Crippen molar-refractivity contribution in [1.82, 2.24) is 9.80 Å². The minimum Gasteiger partial charge on any atom is -0.372 e. The maximum atomic E-state index is 11.8. The highest BCUT2D eigenvalue weighted by Crippen LogP contribution is 2.04. The van der Waals surface area contributed by atoms with Crippen LogP contribution in [0.5, 0.6) is 0 Å². The van der Waals surface area contributed by atoms with Crippen LogP contribution in [0.15, 0.2) is 0 Å². The molecule has 1 rings (SSSR count). The van der Waals surface area contributed by atoms with Gasteiger partial charge >= 0.3 is 0 Å². The largest absolute Gasteiger partial charge is 0.372 e. The number of rotatable bonds is 2. The van der Waals surface area contributed by atoms with Crippen LogP contribution < -0.4 is 0 Å². The van der Waals surface area contributed by atoms with Crippen molar-refractivity contribution in [2.24, 2.45) is 0 Å². The van der Waals surface area contributed by atoms with Crippen molar-refractivity contribution < 1.29 is 9.53 Å². The van der Waals surface area contributed by atoms with Crippen LogP contribution in [0.25, 0.3) is 0 Å². The minimum absolute atomic E-state index is 0.114. The molecule has 0 N–H and O–H groups in total. The number of carbonyl (C=O) groups is 1. The molecule has 0 radical (unpaired) electrons. The van der Waals surface area contributed by atoms with Gasteiger partial charge in [0.15, 0.2) is 0 Å². The lowest BCUT2D eigenvalue weighted by molar-refractivity contribution is -0.140. The Balaban J connectivity index is 2.47. The smallest absolute Gasteiger partial charge is 0.251 e. The van der Waals surface area contributed by atoms with E-state index in [9.17, 15) is 4.79 Å². The molecule has 14 heavy (non-hydrogen) atoms. The molecule has 1 aliphatic rings. The molecule has 4 heteroatoms. The van der Waals surface area contributed by atoms with Crippen molar-refractivity contribution in [1.29, 1.82) is 0 Å².